The molecule has 0 spiro atoms. The Morgan fingerprint density at radius 2 is 1.73 bits per heavy atom. The normalized spacial score (nSPS) is 15.2. The Kier molecular flexibility index (Phi) is 2.55. The monoisotopic (exact) mass is 311 g/mol. The van der Waals surface area contributed by atoms with Crippen molar-refractivity contribution in [2.45, 2.75) is 9.79 Å². The van der Waals surface area contributed by atoms with Gasteiger partial charge in [0.15, 0.2) is 11.6 Å². The average molecular weight is 311 g/mol. The SMILES string of the molecule is O=C1c2ccccc2S(=O)(=O)c2cc(-c3ncn[nH]3)ccc21. The molecule has 0 bridgehead atoms. The fourth-order valence-corrected chi connectivity index (χ4v) is 4.25. The zero-order valence-corrected chi connectivity index (χ0v) is 12.0. The maximum atomic E-state index is 12.8. The fraction of sp³-hybridized carbons (Fsp3) is 0. The van der Waals surface area contributed by atoms with Crippen molar-refractivity contribution >= 4 is 15.6 Å². The molecule has 3 aromatic rings. The lowest BCUT2D eigenvalue weighted by molar-refractivity contribution is 0.103. The third-order valence-corrected chi connectivity index (χ3v) is 5.48. The summed E-state index contributed by atoms with van der Waals surface area (Å²) in [4.78, 5) is 16.5. The number of rotatable bonds is 1. The number of ketones is 1. The van der Waals surface area contributed by atoms with Crippen molar-refractivity contribution in [2.75, 3.05) is 0 Å². The van der Waals surface area contributed by atoms with Crippen LogP contribution in [0.2, 0.25) is 0 Å². The van der Waals surface area contributed by atoms with Gasteiger partial charge in [-0.05, 0) is 24.3 Å². The lowest BCUT2D eigenvalue weighted by Crippen LogP contribution is -2.20. The summed E-state index contributed by atoms with van der Waals surface area (Å²) in [5.41, 5.74) is 0.955. The fourth-order valence-electron chi connectivity index (χ4n) is 2.58. The summed E-state index contributed by atoms with van der Waals surface area (Å²) in [6.45, 7) is 0. The Morgan fingerprint density at radius 3 is 2.50 bits per heavy atom. The zero-order valence-electron chi connectivity index (χ0n) is 11.1. The van der Waals surface area contributed by atoms with E-state index in [2.05, 4.69) is 15.2 Å². The van der Waals surface area contributed by atoms with E-state index >= 15 is 0 Å². The molecule has 1 aromatic heterocycles. The van der Waals surface area contributed by atoms with Crippen LogP contribution in [0.5, 0.6) is 0 Å². The number of carbonyl (C=O) groups excluding carboxylic acids is 1. The molecule has 0 saturated heterocycles. The first kappa shape index (κ1) is 12.9. The van der Waals surface area contributed by atoms with E-state index in [1.54, 1.807) is 18.2 Å². The van der Waals surface area contributed by atoms with Crippen LogP contribution in [0.25, 0.3) is 11.4 Å². The summed E-state index contributed by atoms with van der Waals surface area (Å²) in [5, 5.41) is 6.42. The first-order valence-corrected chi connectivity index (χ1v) is 7.96. The third kappa shape index (κ3) is 1.66. The Labute approximate surface area is 125 Å². The molecule has 2 heterocycles. The van der Waals surface area contributed by atoms with Crippen molar-refractivity contribution < 1.29 is 13.2 Å². The van der Waals surface area contributed by atoms with Crippen LogP contribution in [-0.2, 0) is 9.84 Å². The Bertz CT molecular complexity index is 1010. The summed E-state index contributed by atoms with van der Waals surface area (Å²) in [6, 6.07) is 10.9. The highest BCUT2D eigenvalue weighted by Gasteiger charge is 2.34. The molecular formula is C15H9N3O3S. The van der Waals surface area contributed by atoms with E-state index in [9.17, 15) is 13.2 Å². The van der Waals surface area contributed by atoms with Crippen LogP contribution in [0.15, 0.2) is 58.6 Å². The van der Waals surface area contributed by atoms with Gasteiger partial charge in [0.2, 0.25) is 9.84 Å². The minimum absolute atomic E-state index is 0.00472. The van der Waals surface area contributed by atoms with Crippen LogP contribution < -0.4 is 0 Å². The second kappa shape index (κ2) is 4.35. The number of sulfone groups is 1. The molecule has 0 fully saturated rings. The van der Waals surface area contributed by atoms with Crippen LogP contribution in [0.3, 0.4) is 0 Å². The predicted octanol–water partition coefficient (Wildman–Crippen LogP) is 1.85. The van der Waals surface area contributed by atoms with E-state index in [0.717, 1.165) is 0 Å². The van der Waals surface area contributed by atoms with Crippen LogP contribution in [0.4, 0.5) is 0 Å². The molecule has 0 atom stereocenters. The van der Waals surface area contributed by atoms with Crippen molar-refractivity contribution in [1.82, 2.24) is 15.2 Å². The quantitative estimate of drug-likeness (QED) is 0.579. The van der Waals surface area contributed by atoms with Gasteiger partial charge in [-0.3, -0.25) is 9.89 Å². The first-order chi connectivity index (χ1) is 10.6. The van der Waals surface area contributed by atoms with E-state index < -0.39 is 9.84 Å². The van der Waals surface area contributed by atoms with Crippen molar-refractivity contribution in [3.63, 3.8) is 0 Å². The lowest BCUT2D eigenvalue weighted by atomic mass is 10.0. The minimum Gasteiger partial charge on any atom is -0.289 e. The van der Waals surface area contributed by atoms with Crippen LogP contribution in [-0.4, -0.2) is 29.4 Å². The molecule has 0 amide bonds. The van der Waals surface area contributed by atoms with Gasteiger partial charge in [0.25, 0.3) is 0 Å². The number of aromatic nitrogens is 3. The van der Waals surface area contributed by atoms with Gasteiger partial charge in [-0.25, -0.2) is 13.4 Å². The number of benzene rings is 2. The summed E-state index contributed by atoms with van der Waals surface area (Å²) in [6.07, 6.45) is 1.34. The molecule has 0 unspecified atom stereocenters. The lowest BCUT2D eigenvalue weighted by Gasteiger charge is -2.19. The van der Waals surface area contributed by atoms with Crippen molar-refractivity contribution in [3.8, 4) is 11.4 Å². The van der Waals surface area contributed by atoms with Crippen LogP contribution in [0, 0.1) is 0 Å². The molecule has 1 aliphatic heterocycles. The minimum atomic E-state index is -3.73. The highest BCUT2D eigenvalue weighted by atomic mass is 32.2. The molecule has 6 nitrogen and oxygen atoms in total. The maximum absolute atomic E-state index is 12.8. The number of nitrogens with zero attached hydrogens (tertiary/aromatic N) is 2. The second-order valence-electron chi connectivity index (χ2n) is 4.87. The number of hydrogen-bond donors (Lipinski definition) is 1. The molecule has 0 aliphatic carbocycles. The smallest absolute Gasteiger partial charge is 0.208 e. The van der Waals surface area contributed by atoms with Gasteiger partial charge >= 0.3 is 0 Å². The van der Waals surface area contributed by atoms with Gasteiger partial charge in [0, 0.05) is 16.7 Å². The third-order valence-electron chi connectivity index (χ3n) is 3.63. The molecule has 7 heteroatoms. The van der Waals surface area contributed by atoms with Crippen LogP contribution >= 0.6 is 0 Å². The molecular weight excluding hydrogens is 302 g/mol. The Hall–Kier alpha value is -2.80. The van der Waals surface area contributed by atoms with E-state index in [-0.39, 0.29) is 26.7 Å². The van der Waals surface area contributed by atoms with Gasteiger partial charge in [-0.15, -0.1) is 0 Å². The molecule has 1 aliphatic rings. The Balaban J connectivity index is 2.02. The number of aromatic amines is 1. The number of H-pyrrole nitrogens is 1. The molecule has 0 saturated carbocycles. The summed E-state index contributed by atoms with van der Waals surface area (Å²) < 4.78 is 25.5. The van der Waals surface area contributed by atoms with Gasteiger partial charge in [0.1, 0.15) is 6.33 Å². The number of fused-ring (bicyclic) bond motifs is 2. The van der Waals surface area contributed by atoms with E-state index in [0.29, 0.717) is 11.4 Å². The number of carbonyl (C=O) groups is 1. The Morgan fingerprint density at radius 1 is 0.955 bits per heavy atom. The summed E-state index contributed by atoms with van der Waals surface area (Å²) in [5.74, 6) is 0.161. The summed E-state index contributed by atoms with van der Waals surface area (Å²) >= 11 is 0. The molecule has 108 valence electrons. The van der Waals surface area contributed by atoms with Crippen molar-refractivity contribution in [3.05, 3.63) is 59.9 Å². The largest absolute Gasteiger partial charge is 0.289 e. The van der Waals surface area contributed by atoms with Crippen molar-refractivity contribution in [1.29, 1.82) is 0 Å². The van der Waals surface area contributed by atoms with Gasteiger partial charge in [-0.2, -0.15) is 5.10 Å². The van der Waals surface area contributed by atoms with E-state index in [1.807, 2.05) is 0 Å². The van der Waals surface area contributed by atoms with Crippen LogP contribution in [0.1, 0.15) is 15.9 Å². The highest BCUT2D eigenvalue weighted by Crippen LogP contribution is 2.35. The molecule has 1 N–H and O–H groups in total. The zero-order chi connectivity index (χ0) is 15.3. The average Bonchev–Trinajstić information content (AvgIpc) is 3.07. The van der Waals surface area contributed by atoms with Gasteiger partial charge in [-0.1, -0.05) is 18.2 Å². The molecule has 0 radical (unpaired) electrons. The standard InChI is InChI=1S/C15H9N3O3S/c19-14-10-3-1-2-4-12(10)22(20,21)13-7-9(5-6-11(13)14)15-16-8-17-18-15/h1-8H,(H,16,17,18). The van der Waals surface area contributed by atoms with E-state index in [4.69, 9.17) is 0 Å². The van der Waals surface area contributed by atoms with Crippen molar-refractivity contribution in [2.24, 2.45) is 0 Å². The topological polar surface area (TPSA) is 92.8 Å². The number of nitrogens with one attached hydrogen (secondary N) is 1. The summed E-state index contributed by atoms with van der Waals surface area (Å²) in [7, 11) is -3.73. The maximum Gasteiger partial charge on any atom is 0.208 e. The second-order valence-corrected chi connectivity index (χ2v) is 6.76. The van der Waals surface area contributed by atoms with Gasteiger partial charge < -0.3 is 0 Å². The van der Waals surface area contributed by atoms with Gasteiger partial charge in [0.05, 0.1) is 9.79 Å². The molecule has 2 aromatic carbocycles. The predicted molar refractivity (Wildman–Crippen MR) is 77.1 cm³/mol. The first-order valence-electron chi connectivity index (χ1n) is 6.47. The molecule has 4 rings (SSSR count). The molecule has 22 heavy (non-hydrogen) atoms. The number of hydrogen-bond acceptors (Lipinski definition) is 5. The van der Waals surface area contributed by atoms with E-state index in [1.165, 1.54) is 30.6 Å². The highest BCUT2D eigenvalue weighted by molar-refractivity contribution is 7.91.